The fourth-order valence-corrected chi connectivity index (χ4v) is 2.04. The molecule has 6 heteroatoms. The monoisotopic (exact) mass is 278 g/mol. The molecular weight excluding hydrogens is 261 g/mol. The Morgan fingerprint density at radius 2 is 2.00 bits per heavy atom. The minimum atomic E-state index is -4.38. The summed E-state index contributed by atoms with van der Waals surface area (Å²) in [6.45, 7) is 0.535. The number of unbranched alkanes of at least 4 members (excludes halogenated alkanes) is 1. The molecule has 0 radical (unpaired) electrons. The van der Waals surface area contributed by atoms with Gasteiger partial charge in [0.05, 0.1) is 5.56 Å². The molecule has 0 saturated carbocycles. The van der Waals surface area contributed by atoms with Crippen molar-refractivity contribution in [2.45, 2.75) is 19.0 Å². The van der Waals surface area contributed by atoms with Gasteiger partial charge in [-0.15, -0.1) is 0 Å². The van der Waals surface area contributed by atoms with E-state index in [-0.39, 0.29) is 11.4 Å². The Morgan fingerprint density at radius 1 is 1.28 bits per heavy atom. The predicted molar refractivity (Wildman–Crippen MR) is 72.0 cm³/mol. The van der Waals surface area contributed by atoms with Gasteiger partial charge in [-0.2, -0.15) is 24.9 Å². The van der Waals surface area contributed by atoms with Gasteiger partial charge >= 0.3 is 6.18 Å². The summed E-state index contributed by atoms with van der Waals surface area (Å²) in [5, 5.41) is 2.82. The van der Waals surface area contributed by atoms with Crippen molar-refractivity contribution < 1.29 is 13.2 Å². The maximum Gasteiger partial charge on any atom is 0.418 e. The lowest BCUT2D eigenvalue weighted by Gasteiger charge is -2.15. The quantitative estimate of drug-likeness (QED) is 0.613. The van der Waals surface area contributed by atoms with Crippen LogP contribution in [-0.2, 0) is 6.18 Å². The van der Waals surface area contributed by atoms with E-state index in [9.17, 15) is 13.2 Å². The van der Waals surface area contributed by atoms with Crippen LogP contribution in [-0.4, -0.2) is 18.6 Å². The van der Waals surface area contributed by atoms with Gasteiger partial charge in [0.1, 0.15) is 0 Å². The summed E-state index contributed by atoms with van der Waals surface area (Å²) in [5.41, 5.74) is 4.91. The van der Waals surface area contributed by atoms with Crippen LogP contribution in [0.5, 0.6) is 0 Å². The maximum absolute atomic E-state index is 12.8. The van der Waals surface area contributed by atoms with Crippen LogP contribution < -0.4 is 11.1 Å². The van der Waals surface area contributed by atoms with Crippen molar-refractivity contribution >= 4 is 23.1 Å². The zero-order chi connectivity index (χ0) is 13.6. The molecule has 0 atom stereocenters. The number of alkyl halides is 3. The molecule has 0 aliphatic carbocycles. The minimum Gasteiger partial charge on any atom is -0.399 e. The summed E-state index contributed by atoms with van der Waals surface area (Å²) in [6, 6.07) is 3.82. The van der Waals surface area contributed by atoms with Crippen LogP contribution in [0.3, 0.4) is 0 Å². The first-order valence-electron chi connectivity index (χ1n) is 5.64. The van der Waals surface area contributed by atoms with Crippen LogP contribution in [0, 0.1) is 0 Å². The van der Waals surface area contributed by atoms with Gasteiger partial charge in [0.2, 0.25) is 0 Å². The molecule has 18 heavy (non-hydrogen) atoms. The SMILES string of the molecule is CSCCCCNc1ccc(N)cc1C(F)(F)F. The molecule has 0 heterocycles. The van der Waals surface area contributed by atoms with Gasteiger partial charge in [-0.05, 0) is 43.0 Å². The molecule has 102 valence electrons. The molecule has 0 amide bonds. The molecule has 1 rings (SSSR count). The maximum atomic E-state index is 12.8. The molecule has 0 aliphatic rings. The van der Waals surface area contributed by atoms with E-state index in [2.05, 4.69) is 5.32 Å². The van der Waals surface area contributed by atoms with Gasteiger partial charge in [-0.3, -0.25) is 0 Å². The molecular formula is C12H17F3N2S. The molecule has 0 unspecified atom stereocenters. The molecule has 2 nitrogen and oxygen atoms in total. The highest BCUT2D eigenvalue weighted by Crippen LogP contribution is 2.36. The van der Waals surface area contributed by atoms with E-state index < -0.39 is 11.7 Å². The Kier molecular flexibility index (Phi) is 5.65. The minimum absolute atomic E-state index is 0.0980. The highest BCUT2D eigenvalue weighted by molar-refractivity contribution is 7.98. The van der Waals surface area contributed by atoms with Gasteiger partial charge in [0.25, 0.3) is 0 Å². The molecule has 0 spiro atoms. The lowest BCUT2D eigenvalue weighted by atomic mass is 10.1. The summed E-state index contributed by atoms with van der Waals surface area (Å²) in [6.07, 6.45) is -0.529. The topological polar surface area (TPSA) is 38.0 Å². The number of hydrogen-bond donors (Lipinski definition) is 2. The number of rotatable bonds is 6. The third-order valence-corrected chi connectivity index (χ3v) is 3.14. The van der Waals surface area contributed by atoms with E-state index >= 15 is 0 Å². The number of halogens is 3. The first-order valence-corrected chi connectivity index (χ1v) is 7.04. The van der Waals surface area contributed by atoms with Crippen LogP contribution in [0.1, 0.15) is 18.4 Å². The van der Waals surface area contributed by atoms with Gasteiger partial charge < -0.3 is 11.1 Å². The second-order valence-electron chi connectivity index (χ2n) is 3.93. The Labute approximate surface area is 109 Å². The third kappa shape index (κ3) is 4.68. The van der Waals surface area contributed by atoms with E-state index in [4.69, 9.17) is 5.73 Å². The first kappa shape index (κ1) is 15.0. The molecule has 0 aliphatic heterocycles. The van der Waals surface area contributed by atoms with Crippen molar-refractivity contribution in [1.29, 1.82) is 0 Å². The number of nitrogens with two attached hydrogens (primary N) is 1. The number of thioether (sulfide) groups is 1. The second-order valence-corrected chi connectivity index (χ2v) is 4.92. The number of nitrogen functional groups attached to an aromatic ring is 1. The van der Waals surface area contributed by atoms with Gasteiger partial charge in [-0.1, -0.05) is 0 Å². The average molecular weight is 278 g/mol. The van der Waals surface area contributed by atoms with Crippen molar-refractivity contribution in [3.8, 4) is 0 Å². The van der Waals surface area contributed by atoms with Gasteiger partial charge in [-0.25, -0.2) is 0 Å². The average Bonchev–Trinajstić information content (AvgIpc) is 2.29. The summed E-state index contributed by atoms with van der Waals surface area (Å²) in [4.78, 5) is 0. The largest absolute Gasteiger partial charge is 0.418 e. The van der Waals surface area contributed by atoms with Crippen LogP contribution in [0.25, 0.3) is 0 Å². The Balaban J connectivity index is 2.65. The molecule has 0 fully saturated rings. The molecule has 0 saturated heterocycles. The van der Waals surface area contributed by atoms with E-state index in [0.29, 0.717) is 6.54 Å². The fraction of sp³-hybridized carbons (Fsp3) is 0.500. The number of hydrogen-bond acceptors (Lipinski definition) is 3. The summed E-state index contributed by atoms with van der Waals surface area (Å²) < 4.78 is 38.3. The Morgan fingerprint density at radius 3 is 2.61 bits per heavy atom. The van der Waals surface area contributed by atoms with Crippen LogP contribution in [0.4, 0.5) is 24.5 Å². The normalized spacial score (nSPS) is 11.6. The first-order chi connectivity index (χ1) is 8.45. The van der Waals surface area contributed by atoms with Crippen LogP contribution in [0.2, 0.25) is 0 Å². The van der Waals surface area contributed by atoms with Crippen molar-refractivity contribution in [2.75, 3.05) is 29.6 Å². The molecule has 0 aromatic heterocycles. The number of nitrogens with one attached hydrogen (secondary N) is 1. The summed E-state index contributed by atoms with van der Waals surface area (Å²) in [7, 11) is 0. The zero-order valence-electron chi connectivity index (χ0n) is 10.2. The summed E-state index contributed by atoms with van der Waals surface area (Å²) >= 11 is 1.73. The van der Waals surface area contributed by atoms with Crippen molar-refractivity contribution in [3.63, 3.8) is 0 Å². The van der Waals surface area contributed by atoms with Crippen molar-refractivity contribution in [3.05, 3.63) is 23.8 Å². The zero-order valence-corrected chi connectivity index (χ0v) is 11.0. The lowest BCUT2D eigenvalue weighted by molar-refractivity contribution is -0.136. The molecule has 0 bridgehead atoms. The van der Waals surface area contributed by atoms with Crippen LogP contribution in [0.15, 0.2) is 18.2 Å². The summed E-state index contributed by atoms with van der Waals surface area (Å²) in [5.74, 6) is 1.02. The van der Waals surface area contributed by atoms with Crippen molar-refractivity contribution in [2.24, 2.45) is 0 Å². The fourth-order valence-electron chi connectivity index (χ4n) is 1.55. The molecule has 1 aromatic carbocycles. The smallest absolute Gasteiger partial charge is 0.399 e. The highest BCUT2D eigenvalue weighted by Gasteiger charge is 2.33. The van der Waals surface area contributed by atoms with E-state index in [1.54, 1.807) is 11.8 Å². The Bertz CT molecular complexity index is 380. The van der Waals surface area contributed by atoms with E-state index in [1.807, 2.05) is 6.26 Å². The lowest BCUT2D eigenvalue weighted by Crippen LogP contribution is -2.12. The molecule has 3 N–H and O–H groups in total. The van der Waals surface area contributed by atoms with Crippen molar-refractivity contribution in [1.82, 2.24) is 0 Å². The Hall–Kier alpha value is -1.04. The van der Waals surface area contributed by atoms with Gasteiger partial charge in [0.15, 0.2) is 0 Å². The predicted octanol–water partition coefficient (Wildman–Crippen LogP) is 3.84. The third-order valence-electron chi connectivity index (χ3n) is 2.44. The number of benzene rings is 1. The standard InChI is InChI=1S/C12H17F3N2S/c1-18-7-3-2-6-17-11-5-4-9(16)8-10(11)12(13,14)15/h4-5,8,17H,2-3,6-7,16H2,1H3. The highest BCUT2D eigenvalue weighted by atomic mass is 32.2. The second kappa shape index (κ2) is 6.78. The van der Waals surface area contributed by atoms with E-state index in [1.165, 1.54) is 12.1 Å². The number of anilines is 2. The van der Waals surface area contributed by atoms with E-state index in [0.717, 1.165) is 24.7 Å². The van der Waals surface area contributed by atoms with Gasteiger partial charge in [0, 0.05) is 17.9 Å². The molecule has 1 aromatic rings. The van der Waals surface area contributed by atoms with Crippen LogP contribution >= 0.6 is 11.8 Å².